The Balaban J connectivity index is 0.000000168. The minimum absolute atomic E-state index is 0. The van der Waals surface area contributed by atoms with Gasteiger partial charge < -0.3 is 24.8 Å². The van der Waals surface area contributed by atoms with Gasteiger partial charge in [-0.3, -0.25) is 0 Å². The minimum atomic E-state index is 0. The smallest absolute Gasteiger partial charge is 0.0430 e. The van der Waals surface area contributed by atoms with E-state index in [-0.39, 0.29) is 24.8 Å². The molecule has 4 aromatic carbocycles. The second-order valence-corrected chi connectivity index (χ2v) is 18.9. The van der Waals surface area contributed by atoms with E-state index in [4.69, 9.17) is 0 Å². The van der Waals surface area contributed by atoms with Crippen molar-refractivity contribution in [3.8, 4) is 0 Å². The van der Waals surface area contributed by atoms with Crippen LogP contribution in [-0.2, 0) is 24.2 Å². The van der Waals surface area contributed by atoms with E-state index >= 15 is 0 Å². The van der Waals surface area contributed by atoms with Crippen LogP contribution in [0.15, 0.2) is 72.8 Å². The summed E-state index contributed by atoms with van der Waals surface area (Å²) in [5, 5.41) is 6.00. The van der Waals surface area contributed by atoms with Crippen LogP contribution < -0.4 is 24.8 Å². The SMILES string of the molecule is [Cl-].[Cl-].[Zr+2]=[C]1CCCC1.c1ccc2c(C(C3CCCCC3)C3CCCCC3)c[cH-]c2c1.c1ccc2c(C(C3CCCCC3)C3CCCCC3)c[cH-]c2c1. The van der Waals surface area contributed by atoms with Crippen LogP contribution in [0, 0.1) is 23.7 Å². The predicted octanol–water partition coefficient (Wildman–Crippen LogP) is 8.89. The van der Waals surface area contributed by atoms with Gasteiger partial charge in [-0.05, 0) is 23.7 Å². The molecule has 0 nitrogen and oxygen atoms in total. The van der Waals surface area contributed by atoms with E-state index in [1.54, 1.807) is 49.3 Å². The van der Waals surface area contributed by atoms with Crippen molar-refractivity contribution in [2.24, 2.45) is 23.7 Å². The molecule has 5 aliphatic carbocycles. The standard InChI is InChI=1S/2C22H29.C5H8.2ClH.Zr/c2*1-3-10-18(11-4-1)22(19-12-5-2-6-13-19)21-16-15-17-9-7-8-14-20(17)21;1-2-4-5-3-1;;;/h2*7-9,14-16,18-19,22H,1-6,10-13H2;1-4H2;2*1H;/q2*-1;;;;+2/p-2. The molecule has 0 bridgehead atoms. The van der Waals surface area contributed by atoms with E-state index in [9.17, 15) is 0 Å². The maximum Gasteiger partial charge on any atom is -0.0430 e. The van der Waals surface area contributed by atoms with Gasteiger partial charge in [0.15, 0.2) is 0 Å². The fraction of sp³-hybridized carbons (Fsp3) is 0.612. The van der Waals surface area contributed by atoms with Crippen molar-refractivity contribution in [2.45, 2.75) is 166 Å². The molecule has 5 saturated carbocycles. The van der Waals surface area contributed by atoms with Crippen LogP contribution in [0.2, 0.25) is 0 Å². The van der Waals surface area contributed by atoms with E-state index in [1.807, 2.05) is 0 Å². The van der Waals surface area contributed by atoms with Gasteiger partial charge in [-0.15, -0.1) is 93.3 Å². The molecule has 0 aliphatic heterocycles. The topological polar surface area (TPSA) is 0 Å². The third-order valence-corrected chi connectivity index (χ3v) is 15.2. The minimum Gasteiger partial charge on any atom is -0.150 e. The predicted molar refractivity (Wildman–Crippen MR) is 214 cm³/mol. The Morgan fingerprint density at radius 1 is 0.423 bits per heavy atom. The van der Waals surface area contributed by atoms with Crippen LogP contribution in [0.5, 0.6) is 0 Å². The summed E-state index contributed by atoms with van der Waals surface area (Å²) in [5.74, 6) is 5.46. The maximum absolute atomic E-state index is 2.47. The summed E-state index contributed by atoms with van der Waals surface area (Å²) in [7, 11) is 0. The number of benzene rings is 2. The van der Waals surface area contributed by atoms with E-state index in [0.29, 0.717) is 0 Å². The van der Waals surface area contributed by atoms with Crippen molar-refractivity contribution in [3.05, 3.63) is 83.9 Å². The fourth-order valence-corrected chi connectivity index (χ4v) is 12.4. The third kappa shape index (κ3) is 10.8. The van der Waals surface area contributed by atoms with E-state index in [0.717, 1.165) is 35.5 Å². The van der Waals surface area contributed by atoms with Crippen LogP contribution in [0.1, 0.15) is 177 Å². The number of hydrogen-bond donors (Lipinski definition) is 0. The van der Waals surface area contributed by atoms with Gasteiger partial charge in [0.05, 0.1) is 0 Å². The van der Waals surface area contributed by atoms with Gasteiger partial charge in [-0.2, -0.15) is 0 Å². The molecule has 0 amide bonds. The van der Waals surface area contributed by atoms with Crippen molar-refractivity contribution in [1.29, 1.82) is 0 Å². The summed E-state index contributed by atoms with van der Waals surface area (Å²) in [6.07, 6.45) is 35.2. The number of hydrogen-bond acceptors (Lipinski definition) is 0. The van der Waals surface area contributed by atoms with E-state index < -0.39 is 0 Å². The summed E-state index contributed by atoms with van der Waals surface area (Å²) in [6.45, 7) is 0. The van der Waals surface area contributed by atoms with Crippen molar-refractivity contribution in [3.63, 3.8) is 0 Å². The molecular formula is C49H66Cl2Zr-2. The second-order valence-electron chi connectivity index (χ2n) is 17.2. The van der Waals surface area contributed by atoms with Crippen LogP contribution in [0.3, 0.4) is 0 Å². The van der Waals surface area contributed by atoms with Gasteiger partial charge in [0.1, 0.15) is 0 Å². The summed E-state index contributed by atoms with van der Waals surface area (Å²) >= 11 is 1.68. The molecule has 3 heteroatoms. The van der Waals surface area contributed by atoms with Crippen LogP contribution in [0.4, 0.5) is 0 Å². The summed E-state index contributed by atoms with van der Waals surface area (Å²) in [5.41, 5.74) is 3.38. The van der Waals surface area contributed by atoms with Crippen molar-refractivity contribution >= 4 is 24.8 Å². The second kappa shape index (κ2) is 21.9. The Labute approximate surface area is 344 Å². The Hall–Kier alpha value is -1.01. The molecule has 0 N–H and O–H groups in total. The summed E-state index contributed by atoms with van der Waals surface area (Å²) < 4.78 is 1.79. The first-order valence-electron chi connectivity index (χ1n) is 21.6. The molecule has 52 heavy (non-hydrogen) atoms. The van der Waals surface area contributed by atoms with Crippen molar-refractivity contribution < 1.29 is 49.0 Å². The number of halogens is 2. The summed E-state index contributed by atoms with van der Waals surface area (Å²) in [4.78, 5) is 0. The largest absolute Gasteiger partial charge is 0.150 e. The zero-order valence-corrected chi connectivity index (χ0v) is 36.1. The first kappa shape index (κ1) is 42.1. The van der Waals surface area contributed by atoms with Gasteiger partial charge in [0, 0.05) is 0 Å². The van der Waals surface area contributed by atoms with Crippen molar-refractivity contribution in [2.75, 3.05) is 0 Å². The molecule has 0 saturated heterocycles. The van der Waals surface area contributed by atoms with Gasteiger partial charge >= 0.3 is 53.1 Å². The molecule has 0 radical (unpaired) electrons. The molecular weight excluding hydrogens is 751 g/mol. The Morgan fingerprint density at radius 2 is 0.731 bits per heavy atom. The van der Waals surface area contributed by atoms with Gasteiger partial charge in [0.25, 0.3) is 0 Å². The van der Waals surface area contributed by atoms with E-state index in [2.05, 4.69) is 72.8 Å². The van der Waals surface area contributed by atoms with Crippen LogP contribution >= 0.6 is 0 Å². The zero-order valence-electron chi connectivity index (χ0n) is 32.1. The van der Waals surface area contributed by atoms with E-state index in [1.165, 1.54) is 165 Å². The molecule has 0 unspecified atom stereocenters. The Bertz CT molecular complexity index is 1430. The van der Waals surface area contributed by atoms with Crippen LogP contribution in [0.25, 0.3) is 21.5 Å². The quantitative estimate of drug-likeness (QED) is 0.171. The maximum atomic E-state index is 2.47. The Kier molecular flexibility index (Phi) is 17.8. The molecule has 0 aromatic heterocycles. The molecule has 0 atom stereocenters. The van der Waals surface area contributed by atoms with Crippen molar-refractivity contribution in [1.82, 2.24) is 0 Å². The first-order chi connectivity index (χ1) is 24.8. The molecule has 5 aliphatic rings. The molecule has 9 rings (SSSR count). The molecule has 0 spiro atoms. The summed E-state index contributed by atoms with van der Waals surface area (Å²) in [6, 6.07) is 27.8. The monoisotopic (exact) mass is 814 g/mol. The zero-order chi connectivity index (χ0) is 34.0. The Morgan fingerprint density at radius 3 is 1.02 bits per heavy atom. The molecule has 282 valence electrons. The number of rotatable bonds is 6. The normalized spacial score (nSPS) is 21.0. The van der Waals surface area contributed by atoms with Gasteiger partial charge in [0.2, 0.25) is 0 Å². The fourth-order valence-electron chi connectivity index (χ4n) is 11.5. The molecule has 5 fully saturated rings. The third-order valence-electron chi connectivity index (χ3n) is 14.0. The molecule has 4 aromatic rings. The first-order valence-corrected chi connectivity index (χ1v) is 22.8. The van der Waals surface area contributed by atoms with Gasteiger partial charge in [-0.25, -0.2) is 0 Å². The van der Waals surface area contributed by atoms with Gasteiger partial charge in [-0.1, -0.05) is 152 Å². The van der Waals surface area contributed by atoms with Crippen LogP contribution in [-0.4, -0.2) is 3.21 Å². The average molecular weight is 817 g/mol. The average Bonchev–Trinajstić information content (AvgIpc) is 3.95. The number of fused-ring (bicyclic) bond motifs is 2. The molecule has 0 heterocycles.